The summed E-state index contributed by atoms with van der Waals surface area (Å²) < 4.78 is 27.7. The van der Waals surface area contributed by atoms with Gasteiger partial charge in [-0.15, -0.1) is 0 Å². The van der Waals surface area contributed by atoms with E-state index in [9.17, 15) is 13.2 Å². The monoisotopic (exact) mass is 472 g/mol. The average Bonchev–Trinajstić information content (AvgIpc) is 3.16. The molecule has 0 atom stereocenters. The number of benzene rings is 1. The van der Waals surface area contributed by atoms with Crippen molar-refractivity contribution in [3.63, 3.8) is 0 Å². The molecule has 176 valence electrons. The Hall–Kier alpha value is -3.09. The molecule has 0 bridgehead atoms. The number of sulfonamides is 1. The first-order valence-electron chi connectivity index (χ1n) is 10.6. The molecule has 1 fully saturated rings. The Labute approximate surface area is 193 Å². The Morgan fingerprint density at radius 2 is 1.88 bits per heavy atom. The molecule has 11 nitrogen and oxygen atoms in total. The van der Waals surface area contributed by atoms with Crippen molar-refractivity contribution in [2.75, 3.05) is 57.0 Å². The Balaban J connectivity index is 1.38. The van der Waals surface area contributed by atoms with Crippen molar-refractivity contribution in [2.45, 2.75) is 11.8 Å². The minimum absolute atomic E-state index is 0.147. The standard InChI is InChI=1S/C21H28N8O3S/c1-15-5-6-16(33(31,32)26(2)3)11-18(15)25-19(30)13-28-7-9-29(10-8-28)21-17-12-24-27(4)20(17)22-14-23-21/h5-6,11-12,14H,7-10,13H2,1-4H3,(H,25,30). The van der Waals surface area contributed by atoms with Crippen LogP contribution in [0.15, 0.2) is 35.6 Å². The highest BCUT2D eigenvalue weighted by Crippen LogP contribution is 2.24. The molecular weight excluding hydrogens is 444 g/mol. The number of carbonyl (C=O) groups is 1. The molecule has 0 saturated carbocycles. The summed E-state index contributed by atoms with van der Waals surface area (Å²) in [5.74, 6) is 0.675. The van der Waals surface area contributed by atoms with Crippen molar-refractivity contribution in [3.05, 3.63) is 36.3 Å². The maximum absolute atomic E-state index is 12.7. The van der Waals surface area contributed by atoms with E-state index < -0.39 is 10.0 Å². The van der Waals surface area contributed by atoms with E-state index >= 15 is 0 Å². The van der Waals surface area contributed by atoms with Gasteiger partial charge in [-0.1, -0.05) is 6.07 Å². The first-order valence-corrected chi connectivity index (χ1v) is 12.0. The lowest BCUT2D eigenvalue weighted by molar-refractivity contribution is -0.117. The molecule has 1 aliphatic heterocycles. The molecule has 1 N–H and O–H groups in total. The number of piperazine rings is 1. The fourth-order valence-corrected chi connectivity index (χ4v) is 4.75. The Morgan fingerprint density at radius 1 is 1.15 bits per heavy atom. The molecule has 33 heavy (non-hydrogen) atoms. The summed E-state index contributed by atoms with van der Waals surface area (Å²) in [5.41, 5.74) is 2.09. The molecule has 1 amide bonds. The quantitative estimate of drug-likeness (QED) is 0.557. The number of carbonyl (C=O) groups excluding carboxylic acids is 1. The van der Waals surface area contributed by atoms with Gasteiger partial charge in [0.25, 0.3) is 0 Å². The third-order valence-electron chi connectivity index (χ3n) is 5.81. The van der Waals surface area contributed by atoms with Crippen LogP contribution >= 0.6 is 0 Å². The molecule has 1 aromatic carbocycles. The van der Waals surface area contributed by atoms with Gasteiger partial charge in [-0.05, 0) is 24.6 Å². The van der Waals surface area contributed by atoms with Crippen LogP contribution in [0.25, 0.3) is 11.0 Å². The van der Waals surface area contributed by atoms with Crippen LogP contribution in [0.2, 0.25) is 0 Å². The van der Waals surface area contributed by atoms with Gasteiger partial charge in [0.1, 0.15) is 12.1 Å². The minimum atomic E-state index is -3.58. The number of nitrogens with zero attached hydrogens (tertiary/aromatic N) is 7. The van der Waals surface area contributed by atoms with Crippen LogP contribution in [-0.4, -0.2) is 90.1 Å². The summed E-state index contributed by atoms with van der Waals surface area (Å²) in [7, 11) is 1.23. The lowest BCUT2D eigenvalue weighted by Crippen LogP contribution is -2.49. The lowest BCUT2D eigenvalue weighted by atomic mass is 10.2. The number of aromatic nitrogens is 4. The van der Waals surface area contributed by atoms with Crippen molar-refractivity contribution in [1.82, 2.24) is 29.0 Å². The number of anilines is 2. The second-order valence-electron chi connectivity index (χ2n) is 8.28. The molecule has 0 aliphatic carbocycles. The van der Waals surface area contributed by atoms with Gasteiger partial charge in [-0.25, -0.2) is 22.7 Å². The highest BCUT2D eigenvalue weighted by atomic mass is 32.2. The Kier molecular flexibility index (Phi) is 6.32. The van der Waals surface area contributed by atoms with E-state index in [4.69, 9.17) is 0 Å². The van der Waals surface area contributed by atoms with Crippen LogP contribution in [-0.2, 0) is 21.9 Å². The summed E-state index contributed by atoms with van der Waals surface area (Å²) in [5, 5.41) is 8.05. The van der Waals surface area contributed by atoms with Gasteiger partial charge in [-0.2, -0.15) is 5.10 Å². The number of fused-ring (bicyclic) bond motifs is 1. The number of hydrogen-bond donors (Lipinski definition) is 1. The zero-order valence-corrected chi connectivity index (χ0v) is 20.0. The zero-order valence-electron chi connectivity index (χ0n) is 19.2. The predicted octanol–water partition coefficient (Wildman–Crippen LogP) is 0.683. The van der Waals surface area contributed by atoms with Gasteiger partial charge in [0.2, 0.25) is 15.9 Å². The van der Waals surface area contributed by atoms with Gasteiger partial charge in [0.15, 0.2) is 5.65 Å². The van der Waals surface area contributed by atoms with Crippen molar-refractivity contribution in [1.29, 1.82) is 0 Å². The number of nitrogens with one attached hydrogen (secondary N) is 1. The fourth-order valence-electron chi connectivity index (χ4n) is 3.82. The van der Waals surface area contributed by atoms with E-state index in [1.807, 2.05) is 14.0 Å². The Morgan fingerprint density at radius 3 is 2.58 bits per heavy atom. The fraction of sp³-hybridized carbons (Fsp3) is 0.429. The van der Waals surface area contributed by atoms with E-state index in [2.05, 4.69) is 30.2 Å². The summed E-state index contributed by atoms with van der Waals surface area (Å²) in [4.78, 5) is 25.8. The lowest BCUT2D eigenvalue weighted by Gasteiger charge is -2.35. The summed E-state index contributed by atoms with van der Waals surface area (Å²) in [6, 6.07) is 4.76. The minimum Gasteiger partial charge on any atom is -0.353 e. The summed E-state index contributed by atoms with van der Waals surface area (Å²) in [6.07, 6.45) is 3.32. The largest absolute Gasteiger partial charge is 0.353 e. The van der Waals surface area contributed by atoms with Crippen molar-refractivity contribution in [3.8, 4) is 0 Å². The predicted molar refractivity (Wildman–Crippen MR) is 126 cm³/mol. The topological polar surface area (TPSA) is 117 Å². The highest BCUT2D eigenvalue weighted by Gasteiger charge is 2.23. The third-order valence-corrected chi connectivity index (χ3v) is 7.62. The smallest absolute Gasteiger partial charge is 0.242 e. The SMILES string of the molecule is Cc1ccc(S(=O)(=O)N(C)C)cc1NC(=O)CN1CCN(c2ncnc3c2cnn3C)CC1. The first kappa shape index (κ1) is 23.1. The van der Waals surface area contributed by atoms with Crippen LogP contribution in [0.1, 0.15) is 5.56 Å². The van der Waals surface area contributed by atoms with Crippen LogP contribution in [0.5, 0.6) is 0 Å². The number of amides is 1. The molecule has 0 radical (unpaired) electrons. The molecule has 0 spiro atoms. The van der Waals surface area contributed by atoms with Crippen LogP contribution in [0.4, 0.5) is 11.5 Å². The van der Waals surface area contributed by atoms with Gasteiger partial charge in [0.05, 0.1) is 23.0 Å². The molecule has 4 rings (SSSR count). The molecule has 0 unspecified atom stereocenters. The van der Waals surface area contributed by atoms with Crippen molar-refractivity contribution >= 4 is 38.5 Å². The maximum Gasteiger partial charge on any atom is 0.242 e. The highest BCUT2D eigenvalue weighted by molar-refractivity contribution is 7.89. The van der Waals surface area contributed by atoms with Crippen LogP contribution < -0.4 is 10.2 Å². The third kappa shape index (κ3) is 4.68. The van der Waals surface area contributed by atoms with Gasteiger partial charge >= 0.3 is 0 Å². The first-order chi connectivity index (χ1) is 15.7. The molecule has 2 aromatic heterocycles. The zero-order chi connectivity index (χ0) is 23.8. The number of hydrogen-bond acceptors (Lipinski definition) is 8. The second kappa shape index (κ2) is 9.04. The van der Waals surface area contributed by atoms with E-state index in [1.165, 1.54) is 20.2 Å². The van der Waals surface area contributed by atoms with Gasteiger partial charge in [-0.3, -0.25) is 14.4 Å². The summed E-state index contributed by atoms with van der Waals surface area (Å²) in [6.45, 7) is 4.92. The number of aryl methyl sites for hydroxylation is 2. The van der Waals surface area contributed by atoms with Gasteiger partial charge < -0.3 is 10.2 Å². The van der Waals surface area contributed by atoms with Crippen molar-refractivity contribution < 1.29 is 13.2 Å². The molecule has 1 saturated heterocycles. The van der Waals surface area contributed by atoms with Gasteiger partial charge in [0, 0.05) is 53.0 Å². The van der Waals surface area contributed by atoms with Crippen molar-refractivity contribution in [2.24, 2.45) is 7.05 Å². The normalized spacial score (nSPS) is 15.4. The second-order valence-corrected chi connectivity index (χ2v) is 10.4. The molecule has 3 aromatic rings. The summed E-state index contributed by atoms with van der Waals surface area (Å²) >= 11 is 0. The number of rotatable bonds is 6. The molecular formula is C21H28N8O3S. The van der Waals surface area contributed by atoms with Crippen LogP contribution in [0.3, 0.4) is 0 Å². The van der Waals surface area contributed by atoms with E-state index in [1.54, 1.807) is 29.3 Å². The molecule has 12 heteroatoms. The molecule has 1 aliphatic rings. The van der Waals surface area contributed by atoms with E-state index in [0.717, 1.165) is 39.8 Å². The van der Waals surface area contributed by atoms with E-state index in [-0.39, 0.29) is 17.3 Å². The van der Waals surface area contributed by atoms with E-state index in [0.29, 0.717) is 18.8 Å². The van der Waals surface area contributed by atoms with Crippen LogP contribution in [0, 0.1) is 6.92 Å². The maximum atomic E-state index is 12.7. The Bertz CT molecular complexity index is 1280. The average molecular weight is 473 g/mol. The molecule has 3 heterocycles.